The molecule has 4 N–H and O–H groups in total. The largest absolute Gasteiger partial charge is 0.276 e. The Hall–Kier alpha value is -3.69. The summed E-state index contributed by atoms with van der Waals surface area (Å²) in [6.45, 7) is 14.2. The van der Waals surface area contributed by atoms with Gasteiger partial charge in [-0.25, -0.2) is 67.5 Å². The highest BCUT2D eigenvalue weighted by Gasteiger charge is 2.18. The van der Waals surface area contributed by atoms with Gasteiger partial charge in [-0.1, -0.05) is 42.5 Å². The molecule has 2 aromatic carbocycles. The second kappa shape index (κ2) is 21.7. The van der Waals surface area contributed by atoms with Crippen LogP contribution < -0.4 is 18.9 Å². The fourth-order valence-corrected chi connectivity index (χ4v) is 8.49. The number of rotatable bonds is 12. The Morgan fingerprint density at radius 1 is 0.385 bits per heavy atom. The van der Waals surface area contributed by atoms with Gasteiger partial charge in [0.15, 0.2) is 5.03 Å². The first-order valence-electron chi connectivity index (χ1n) is 16.0. The zero-order valence-corrected chi connectivity index (χ0v) is 33.6. The van der Waals surface area contributed by atoms with Crippen LogP contribution in [0.25, 0.3) is 0 Å². The molecule has 288 valence electrons. The second-order valence-electron chi connectivity index (χ2n) is 11.9. The molecule has 0 spiro atoms. The Labute approximate surface area is 309 Å². The Morgan fingerprint density at radius 3 is 1.06 bits per heavy atom. The Balaban J connectivity index is 0.000000347. The number of benzene rings is 2. The molecule has 4 rings (SSSR count). The molecule has 19 heteroatoms. The molecule has 0 saturated carbocycles. The molecule has 0 amide bonds. The summed E-state index contributed by atoms with van der Waals surface area (Å²) in [5.41, 5.74) is 0. The smallest absolute Gasteiger partial charge is 0.243 e. The van der Waals surface area contributed by atoms with Crippen molar-refractivity contribution in [1.82, 2.24) is 33.8 Å². The van der Waals surface area contributed by atoms with Crippen molar-refractivity contribution in [3.05, 3.63) is 104 Å². The number of pyridine rings is 1. The van der Waals surface area contributed by atoms with Crippen molar-refractivity contribution >= 4 is 40.1 Å². The summed E-state index contributed by atoms with van der Waals surface area (Å²) in [4.78, 5) is 11.7. The predicted octanol–water partition coefficient (Wildman–Crippen LogP) is 3.68. The van der Waals surface area contributed by atoms with Crippen molar-refractivity contribution in [2.24, 2.45) is 0 Å². The van der Waals surface area contributed by atoms with E-state index < -0.39 is 40.1 Å². The molecular weight excluding hydrogens is 751 g/mol. The van der Waals surface area contributed by atoms with E-state index >= 15 is 0 Å². The molecule has 2 aromatic heterocycles. The maximum Gasteiger partial charge on any atom is 0.276 e. The molecule has 0 fully saturated rings. The van der Waals surface area contributed by atoms with E-state index in [-0.39, 0.29) is 34.3 Å². The summed E-state index contributed by atoms with van der Waals surface area (Å²) >= 11 is 0. The van der Waals surface area contributed by atoms with Gasteiger partial charge in [0.05, 0.1) is 9.79 Å². The summed E-state index contributed by atoms with van der Waals surface area (Å²) in [6.07, 6.45) is 4.23. The minimum absolute atomic E-state index is 0.0590. The number of sulfonamides is 4. The quantitative estimate of drug-likeness (QED) is 0.151. The first-order chi connectivity index (χ1) is 24.1. The molecule has 2 heterocycles. The van der Waals surface area contributed by atoms with Crippen LogP contribution in [0, 0.1) is 0 Å². The Morgan fingerprint density at radius 2 is 0.712 bits per heavy atom. The van der Waals surface area contributed by atoms with Crippen molar-refractivity contribution in [2.75, 3.05) is 0 Å². The van der Waals surface area contributed by atoms with E-state index in [0.29, 0.717) is 9.79 Å². The van der Waals surface area contributed by atoms with Crippen molar-refractivity contribution < 1.29 is 33.7 Å². The first kappa shape index (κ1) is 46.3. The van der Waals surface area contributed by atoms with Gasteiger partial charge in [-0.05, 0) is 97.9 Å². The van der Waals surface area contributed by atoms with Crippen LogP contribution in [0.2, 0.25) is 0 Å². The van der Waals surface area contributed by atoms with Gasteiger partial charge in [0.2, 0.25) is 20.0 Å². The van der Waals surface area contributed by atoms with Gasteiger partial charge in [0.25, 0.3) is 25.2 Å². The molecule has 0 bridgehead atoms. The standard InChI is InChI=1S/2C9H13NO2S.C8H12N2O2S.C7H11N3O2S/c2*1-8(2)10-13(11,12)9-6-4-3-5-7-9;1-7(2)10-13(11,12)8-5-3-4-6-9-8;1-6(2)10-13(11,12)7-8-4-3-5-9-7/h2*3-8,10H,1-2H3;3-7,10H,1-2H3;3-6,10H,1-2H3. The maximum absolute atomic E-state index is 11.5. The van der Waals surface area contributed by atoms with Gasteiger partial charge in [0.1, 0.15) is 0 Å². The lowest BCUT2D eigenvalue weighted by Gasteiger charge is -2.08. The second-order valence-corrected chi connectivity index (χ2v) is 18.6. The fraction of sp³-hybridized carbons (Fsp3) is 0.364. The summed E-state index contributed by atoms with van der Waals surface area (Å²) in [5.74, 6) is 0. The van der Waals surface area contributed by atoms with E-state index in [0.717, 1.165) is 0 Å². The molecule has 0 atom stereocenters. The van der Waals surface area contributed by atoms with E-state index in [1.54, 1.807) is 134 Å². The van der Waals surface area contributed by atoms with Gasteiger partial charge in [-0.2, -0.15) is 0 Å². The lowest BCUT2D eigenvalue weighted by atomic mass is 10.4. The summed E-state index contributed by atoms with van der Waals surface area (Å²) in [7, 11) is -13.6. The van der Waals surface area contributed by atoms with E-state index in [9.17, 15) is 33.7 Å². The zero-order valence-electron chi connectivity index (χ0n) is 30.4. The van der Waals surface area contributed by atoms with Crippen LogP contribution in [-0.4, -0.2) is 72.8 Å². The maximum atomic E-state index is 11.5. The molecular formula is C33H49N7O8S4. The first-order valence-corrected chi connectivity index (χ1v) is 21.9. The lowest BCUT2D eigenvalue weighted by Crippen LogP contribution is -2.31. The van der Waals surface area contributed by atoms with Crippen LogP contribution in [0.4, 0.5) is 0 Å². The number of hydrogen-bond donors (Lipinski definition) is 4. The van der Waals surface area contributed by atoms with Gasteiger partial charge >= 0.3 is 0 Å². The third-order valence-corrected chi connectivity index (χ3v) is 11.8. The van der Waals surface area contributed by atoms with Crippen molar-refractivity contribution in [3.8, 4) is 0 Å². The number of nitrogens with one attached hydrogen (secondary N) is 4. The number of hydrogen-bond acceptors (Lipinski definition) is 11. The number of nitrogens with zero attached hydrogens (tertiary/aromatic N) is 3. The van der Waals surface area contributed by atoms with Crippen molar-refractivity contribution in [1.29, 1.82) is 0 Å². The summed E-state index contributed by atoms with van der Waals surface area (Å²) in [5, 5.41) is -0.132. The van der Waals surface area contributed by atoms with E-state index in [2.05, 4.69) is 33.8 Å². The molecule has 0 saturated heterocycles. The molecule has 0 radical (unpaired) electrons. The van der Waals surface area contributed by atoms with Gasteiger partial charge in [-0.15, -0.1) is 0 Å². The monoisotopic (exact) mass is 799 g/mol. The van der Waals surface area contributed by atoms with Gasteiger partial charge < -0.3 is 0 Å². The average molecular weight is 800 g/mol. The topological polar surface area (TPSA) is 223 Å². The van der Waals surface area contributed by atoms with Crippen molar-refractivity contribution in [2.45, 2.75) is 99.5 Å². The van der Waals surface area contributed by atoms with E-state index in [1.807, 2.05) is 0 Å². The highest BCUT2D eigenvalue weighted by atomic mass is 32.2. The Bertz CT molecular complexity index is 1740. The summed E-state index contributed by atoms with van der Waals surface area (Å²) in [6, 6.07) is 22.6. The molecule has 0 unspecified atom stereocenters. The third-order valence-electron chi connectivity index (χ3n) is 5.37. The molecule has 0 aliphatic carbocycles. The van der Waals surface area contributed by atoms with Crippen LogP contribution >= 0.6 is 0 Å². The Kier molecular flexibility index (Phi) is 19.4. The summed E-state index contributed by atoms with van der Waals surface area (Å²) < 4.78 is 102. The van der Waals surface area contributed by atoms with Gasteiger partial charge in [0, 0.05) is 42.8 Å². The van der Waals surface area contributed by atoms with Crippen LogP contribution in [-0.2, 0) is 40.1 Å². The SMILES string of the molecule is CC(C)NS(=O)(=O)c1ccccc1.CC(C)NS(=O)(=O)c1ccccc1.CC(C)NS(=O)(=O)c1ccccn1.CC(C)NS(=O)(=O)c1ncccn1. The normalized spacial score (nSPS) is 11.9. The van der Waals surface area contributed by atoms with Crippen LogP contribution in [0.3, 0.4) is 0 Å². The van der Waals surface area contributed by atoms with Crippen molar-refractivity contribution in [3.63, 3.8) is 0 Å². The third kappa shape index (κ3) is 18.2. The molecule has 4 aromatic rings. The van der Waals surface area contributed by atoms with E-state index in [4.69, 9.17) is 0 Å². The molecule has 0 aliphatic rings. The van der Waals surface area contributed by atoms with Crippen LogP contribution in [0.5, 0.6) is 0 Å². The highest BCUT2D eigenvalue weighted by molar-refractivity contribution is 7.90. The lowest BCUT2D eigenvalue weighted by molar-refractivity contribution is 0.559. The molecule has 0 aliphatic heterocycles. The van der Waals surface area contributed by atoms with Crippen LogP contribution in [0.15, 0.2) is 123 Å². The average Bonchev–Trinajstić information content (AvgIpc) is 3.05. The number of aromatic nitrogens is 3. The molecule has 15 nitrogen and oxygen atoms in total. The molecule has 52 heavy (non-hydrogen) atoms. The van der Waals surface area contributed by atoms with E-state index in [1.165, 1.54) is 24.7 Å². The highest BCUT2D eigenvalue weighted by Crippen LogP contribution is 2.09. The minimum Gasteiger partial charge on any atom is -0.243 e. The van der Waals surface area contributed by atoms with Gasteiger partial charge in [-0.3, -0.25) is 0 Å². The zero-order chi connectivity index (χ0) is 39.6. The minimum atomic E-state index is -3.53. The fourth-order valence-electron chi connectivity index (χ4n) is 3.62. The van der Waals surface area contributed by atoms with Crippen LogP contribution in [0.1, 0.15) is 55.4 Å². The predicted molar refractivity (Wildman–Crippen MR) is 201 cm³/mol.